The van der Waals surface area contributed by atoms with E-state index < -0.39 is 0 Å². The molecule has 1 saturated heterocycles. The van der Waals surface area contributed by atoms with Crippen molar-refractivity contribution in [3.8, 4) is 5.69 Å². The fourth-order valence-corrected chi connectivity index (χ4v) is 5.05. The molecule has 0 unspecified atom stereocenters. The normalized spacial score (nSPS) is 16.0. The summed E-state index contributed by atoms with van der Waals surface area (Å²) in [5.41, 5.74) is 4.60. The van der Waals surface area contributed by atoms with Gasteiger partial charge in [0.15, 0.2) is 4.77 Å². The Morgan fingerprint density at radius 3 is 2.37 bits per heavy atom. The van der Waals surface area contributed by atoms with Crippen molar-refractivity contribution < 1.29 is 4.79 Å². The van der Waals surface area contributed by atoms with E-state index in [-0.39, 0.29) is 17.5 Å². The third-order valence-electron chi connectivity index (χ3n) is 6.70. The fraction of sp³-hybridized carbons (Fsp3) is 0.250. The van der Waals surface area contributed by atoms with Crippen LogP contribution in [0.4, 0.5) is 5.69 Å². The fourth-order valence-electron chi connectivity index (χ4n) is 4.75. The van der Waals surface area contributed by atoms with Crippen molar-refractivity contribution >= 4 is 34.7 Å². The molecule has 1 aliphatic heterocycles. The van der Waals surface area contributed by atoms with Gasteiger partial charge < -0.3 is 14.8 Å². The van der Waals surface area contributed by atoms with E-state index in [4.69, 9.17) is 12.2 Å². The van der Waals surface area contributed by atoms with Crippen molar-refractivity contribution in [1.29, 1.82) is 0 Å². The number of para-hydroxylation sites is 1. The quantitative estimate of drug-likeness (QED) is 0.429. The maximum atomic E-state index is 13.0. The molecule has 4 aromatic rings. The maximum absolute atomic E-state index is 13.0. The summed E-state index contributed by atoms with van der Waals surface area (Å²) in [5.74, 6) is 0.119. The number of anilines is 1. The van der Waals surface area contributed by atoms with E-state index in [9.17, 15) is 9.59 Å². The number of nitrogens with zero attached hydrogens (tertiary/aromatic N) is 3. The van der Waals surface area contributed by atoms with E-state index in [1.807, 2.05) is 47.4 Å². The number of aryl methyl sites for hydroxylation is 1. The van der Waals surface area contributed by atoms with Crippen molar-refractivity contribution in [2.45, 2.75) is 26.3 Å². The first-order chi connectivity index (χ1) is 16.9. The summed E-state index contributed by atoms with van der Waals surface area (Å²) >= 11 is 5.44. The molecule has 5 rings (SSSR count). The Hall–Kier alpha value is -3.71. The number of H-pyrrole nitrogens is 1. The molecule has 0 spiro atoms. The van der Waals surface area contributed by atoms with Crippen LogP contribution in [-0.4, -0.2) is 46.0 Å². The zero-order valence-electron chi connectivity index (χ0n) is 19.9. The van der Waals surface area contributed by atoms with Gasteiger partial charge in [0.2, 0.25) is 5.91 Å². The molecule has 7 heteroatoms. The highest BCUT2D eigenvalue weighted by molar-refractivity contribution is 7.71. The van der Waals surface area contributed by atoms with Crippen molar-refractivity contribution in [1.82, 2.24) is 14.5 Å². The molecule has 1 atom stereocenters. The second-order valence-electron chi connectivity index (χ2n) is 9.18. The van der Waals surface area contributed by atoms with Crippen LogP contribution in [0.5, 0.6) is 0 Å². The average Bonchev–Trinajstić information content (AvgIpc) is 2.85. The lowest BCUT2D eigenvalue weighted by Gasteiger charge is -2.41. The third-order valence-corrected chi connectivity index (χ3v) is 6.99. The molecule has 0 bridgehead atoms. The van der Waals surface area contributed by atoms with Crippen molar-refractivity contribution in [2.75, 3.05) is 24.5 Å². The second-order valence-corrected chi connectivity index (χ2v) is 9.56. The highest BCUT2D eigenvalue weighted by Crippen LogP contribution is 2.22. The summed E-state index contributed by atoms with van der Waals surface area (Å²) in [4.78, 5) is 33.5. The summed E-state index contributed by atoms with van der Waals surface area (Å²) in [6.07, 6.45) is 0.330. The lowest BCUT2D eigenvalue weighted by atomic mass is 10.1. The Labute approximate surface area is 209 Å². The monoisotopic (exact) mass is 484 g/mol. The lowest BCUT2D eigenvalue weighted by Crippen LogP contribution is -2.54. The second kappa shape index (κ2) is 9.50. The van der Waals surface area contributed by atoms with Gasteiger partial charge in [-0.1, -0.05) is 42.0 Å². The zero-order valence-corrected chi connectivity index (χ0v) is 20.7. The molecule has 0 saturated carbocycles. The highest BCUT2D eigenvalue weighted by atomic mass is 32.1. The Morgan fingerprint density at radius 1 is 0.971 bits per heavy atom. The molecular formula is C28H28N4O2S. The number of benzene rings is 3. The molecule has 1 N–H and O–H groups in total. The van der Waals surface area contributed by atoms with Crippen molar-refractivity contribution in [2.24, 2.45) is 0 Å². The van der Waals surface area contributed by atoms with Crippen LogP contribution in [0.15, 0.2) is 77.6 Å². The largest absolute Gasteiger partial charge is 0.365 e. The van der Waals surface area contributed by atoms with E-state index in [0.717, 1.165) is 17.6 Å². The van der Waals surface area contributed by atoms with Crippen LogP contribution >= 0.6 is 12.2 Å². The molecule has 1 amide bonds. The number of nitrogens with one attached hydrogen (secondary N) is 1. The third kappa shape index (κ3) is 4.64. The summed E-state index contributed by atoms with van der Waals surface area (Å²) in [6, 6.07) is 23.6. The molecule has 1 fully saturated rings. The Kier molecular flexibility index (Phi) is 6.26. The lowest BCUT2D eigenvalue weighted by molar-refractivity contribution is -0.131. The molecule has 0 aliphatic carbocycles. The number of fused-ring (bicyclic) bond motifs is 1. The first-order valence-corrected chi connectivity index (χ1v) is 12.3. The van der Waals surface area contributed by atoms with Gasteiger partial charge in [0.05, 0.1) is 23.0 Å². The molecule has 3 aromatic carbocycles. The van der Waals surface area contributed by atoms with Gasteiger partial charge in [-0.3, -0.25) is 14.2 Å². The van der Waals surface area contributed by atoms with Gasteiger partial charge in [-0.2, -0.15) is 0 Å². The minimum atomic E-state index is -0.159. The van der Waals surface area contributed by atoms with E-state index in [0.29, 0.717) is 35.4 Å². The number of carbonyl (C=O) groups excluding carboxylic acids is 1. The summed E-state index contributed by atoms with van der Waals surface area (Å²) in [6.45, 7) is 6.48. The van der Waals surface area contributed by atoms with Crippen LogP contribution in [0.2, 0.25) is 0 Å². The predicted octanol–water partition coefficient (Wildman–Crippen LogP) is 4.64. The molecule has 1 aliphatic rings. The van der Waals surface area contributed by atoms with Gasteiger partial charge in [-0.15, -0.1) is 0 Å². The number of aromatic nitrogens is 2. The van der Waals surface area contributed by atoms with Gasteiger partial charge >= 0.3 is 0 Å². The zero-order chi connectivity index (χ0) is 24.5. The van der Waals surface area contributed by atoms with Gasteiger partial charge in [0, 0.05) is 31.4 Å². The van der Waals surface area contributed by atoms with E-state index >= 15 is 0 Å². The van der Waals surface area contributed by atoms with Crippen LogP contribution in [0.3, 0.4) is 0 Å². The number of aromatic amines is 1. The van der Waals surface area contributed by atoms with E-state index in [1.54, 1.807) is 6.07 Å². The van der Waals surface area contributed by atoms with E-state index in [1.165, 1.54) is 15.8 Å². The number of carbonyl (C=O) groups is 1. The van der Waals surface area contributed by atoms with Gasteiger partial charge in [-0.05, 0) is 68.0 Å². The number of amides is 1. The van der Waals surface area contributed by atoms with Gasteiger partial charge in [-0.25, -0.2) is 0 Å². The summed E-state index contributed by atoms with van der Waals surface area (Å²) in [5, 5.41) is 0.583. The molecular weight excluding hydrogens is 456 g/mol. The Morgan fingerprint density at radius 2 is 1.66 bits per heavy atom. The van der Waals surface area contributed by atoms with E-state index in [2.05, 4.69) is 48.0 Å². The van der Waals surface area contributed by atoms with Crippen LogP contribution in [0.25, 0.3) is 16.6 Å². The van der Waals surface area contributed by atoms with Crippen LogP contribution < -0.4 is 10.5 Å². The van der Waals surface area contributed by atoms with Crippen molar-refractivity contribution in [3.63, 3.8) is 0 Å². The molecule has 35 heavy (non-hydrogen) atoms. The number of piperazine rings is 1. The summed E-state index contributed by atoms with van der Waals surface area (Å²) < 4.78 is 1.84. The highest BCUT2D eigenvalue weighted by Gasteiger charge is 2.26. The maximum Gasteiger partial charge on any atom is 0.266 e. The predicted molar refractivity (Wildman–Crippen MR) is 143 cm³/mol. The number of hydrogen-bond donors (Lipinski definition) is 1. The SMILES string of the molecule is Cc1ccc(N2CCN(C(=O)Cc3ccc(-n4c(=S)[nH]c5ccccc5c4=O)cc3)C[C@@H]2C)cc1. The van der Waals surface area contributed by atoms with Crippen LogP contribution in [0, 0.1) is 11.7 Å². The Bertz CT molecular complexity index is 1490. The minimum Gasteiger partial charge on any atom is -0.365 e. The molecule has 2 heterocycles. The Balaban J connectivity index is 1.28. The average molecular weight is 485 g/mol. The molecule has 178 valence electrons. The number of hydrogen-bond acceptors (Lipinski definition) is 4. The molecule has 6 nitrogen and oxygen atoms in total. The first kappa shape index (κ1) is 23.1. The molecule has 0 radical (unpaired) electrons. The molecule has 1 aromatic heterocycles. The first-order valence-electron chi connectivity index (χ1n) is 11.9. The van der Waals surface area contributed by atoms with Crippen LogP contribution in [-0.2, 0) is 11.2 Å². The smallest absolute Gasteiger partial charge is 0.266 e. The number of rotatable bonds is 4. The topological polar surface area (TPSA) is 61.3 Å². The van der Waals surface area contributed by atoms with Gasteiger partial charge in [0.25, 0.3) is 5.56 Å². The van der Waals surface area contributed by atoms with Crippen molar-refractivity contribution in [3.05, 3.63) is 99.0 Å². The minimum absolute atomic E-state index is 0.119. The van der Waals surface area contributed by atoms with Gasteiger partial charge in [0.1, 0.15) is 0 Å². The van der Waals surface area contributed by atoms with Crippen LogP contribution in [0.1, 0.15) is 18.1 Å². The summed E-state index contributed by atoms with van der Waals surface area (Å²) in [7, 11) is 0. The standard InChI is InChI=1S/C28H28N4O2S/c1-19-7-11-22(12-8-19)31-16-15-30(18-20(31)2)26(33)17-21-9-13-23(14-10-21)32-27(34)24-5-3-4-6-25(24)29-28(32)35/h3-14,20H,15-18H2,1-2H3,(H,29,35)/t20-/m0/s1.